The van der Waals surface area contributed by atoms with Crippen molar-refractivity contribution in [3.63, 3.8) is 0 Å². The Morgan fingerprint density at radius 3 is 2.32 bits per heavy atom. The van der Waals surface area contributed by atoms with Crippen LogP contribution in [-0.2, 0) is 14.2 Å². The van der Waals surface area contributed by atoms with Crippen LogP contribution >= 0.6 is 12.0 Å². The summed E-state index contributed by atoms with van der Waals surface area (Å²) in [5.41, 5.74) is 3.85. The van der Waals surface area contributed by atoms with Crippen molar-refractivity contribution in [2.45, 2.75) is 11.8 Å². The zero-order valence-corrected chi connectivity index (χ0v) is 18.9. The molecule has 1 aliphatic heterocycles. The summed E-state index contributed by atoms with van der Waals surface area (Å²) in [6, 6.07) is 14.8. The zero-order valence-electron chi connectivity index (χ0n) is 16.1. The molecule has 1 amide bonds. The molecule has 0 aromatic heterocycles. The largest absolute Gasteiger partial charge is 1.00 e. The molecule has 0 radical (unpaired) electrons. The average Bonchev–Trinajstić information content (AvgIpc) is 2.95. The number of nitrogens with zero attached hydrogens (tertiary/aromatic N) is 3. The number of hydrogen-bond donors (Lipinski definition) is 0. The maximum Gasteiger partial charge on any atom is 1.00 e. The maximum atomic E-state index is 12.8. The molecule has 2 aromatic carbocycles. The first-order valence-electron chi connectivity index (χ1n) is 8.12. The smallest absolute Gasteiger partial charge is 0.691 e. The molecule has 1 heterocycles. The fraction of sp³-hybridized carbons (Fsp3) is 0.158. The molecule has 7 nitrogen and oxygen atoms in total. The Morgan fingerprint density at radius 1 is 1.11 bits per heavy atom. The van der Waals surface area contributed by atoms with Gasteiger partial charge >= 0.3 is 29.6 Å². The van der Waals surface area contributed by atoms with Crippen molar-refractivity contribution in [1.29, 1.82) is 0 Å². The van der Waals surface area contributed by atoms with E-state index in [0.717, 1.165) is 23.3 Å². The number of hydrogen-bond acceptors (Lipinski definition) is 7. The van der Waals surface area contributed by atoms with Crippen LogP contribution in [0.3, 0.4) is 0 Å². The van der Waals surface area contributed by atoms with Crippen molar-refractivity contribution >= 4 is 41.1 Å². The summed E-state index contributed by atoms with van der Waals surface area (Å²) in [7, 11) is 3.96. The molecule has 1 aliphatic rings. The van der Waals surface area contributed by atoms with E-state index in [1.807, 2.05) is 56.3 Å². The van der Waals surface area contributed by atoms with Crippen LogP contribution < -0.4 is 44.7 Å². The second kappa shape index (κ2) is 10.2. The molecule has 9 heteroatoms. The molecule has 28 heavy (non-hydrogen) atoms. The van der Waals surface area contributed by atoms with Crippen LogP contribution in [0.5, 0.6) is 0 Å². The fourth-order valence-corrected chi connectivity index (χ4v) is 2.94. The van der Waals surface area contributed by atoms with Gasteiger partial charge in [0.1, 0.15) is 0 Å². The summed E-state index contributed by atoms with van der Waals surface area (Å²) >= 11 is 0.790. The third kappa shape index (κ3) is 5.24. The number of rotatable bonds is 6. The van der Waals surface area contributed by atoms with Gasteiger partial charge in [-0.05, 0) is 55.0 Å². The van der Waals surface area contributed by atoms with Gasteiger partial charge < -0.3 is 10.2 Å². The van der Waals surface area contributed by atoms with Crippen molar-refractivity contribution in [2.24, 2.45) is 5.10 Å². The van der Waals surface area contributed by atoms with Crippen molar-refractivity contribution in [2.75, 3.05) is 24.0 Å². The van der Waals surface area contributed by atoms with E-state index >= 15 is 0 Å². The van der Waals surface area contributed by atoms with E-state index in [1.54, 1.807) is 24.3 Å². The second-order valence-corrected chi connectivity index (χ2v) is 6.83. The van der Waals surface area contributed by atoms with E-state index in [0.29, 0.717) is 21.9 Å². The fourth-order valence-electron chi connectivity index (χ4n) is 2.59. The number of amides is 1. The SMILES string of the molecule is CC1=NN(c2ccc(SOO[O-])cc2)C(=O)C1=Cc1ccc(N(C)C)cc1.[Na+]. The number of carbonyl (C=O) groups is 1. The van der Waals surface area contributed by atoms with Crippen molar-refractivity contribution in [3.8, 4) is 0 Å². The Hall–Kier alpha value is -1.65. The van der Waals surface area contributed by atoms with Crippen molar-refractivity contribution < 1.29 is 49.0 Å². The van der Waals surface area contributed by atoms with Gasteiger partial charge in [0, 0.05) is 24.7 Å². The van der Waals surface area contributed by atoms with E-state index < -0.39 is 0 Å². The monoisotopic (exact) mass is 407 g/mol. The van der Waals surface area contributed by atoms with Gasteiger partial charge in [0.2, 0.25) is 0 Å². The van der Waals surface area contributed by atoms with Crippen LogP contribution in [-0.4, -0.2) is 25.7 Å². The first-order valence-corrected chi connectivity index (χ1v) is 8.86. The van der Waals surface area contributed by atoms with Crippen molar-refractivity contribution in [1.82, 2.24) is 0 Å². The third-order valence-corrected chi connectivity index (χ3v) is 4.61. The van der Waals surface area contributed by atoms with Crippen LogP contribution in [0.25, 0.3) is 6.08 Å². The molecule has 0 saturated carbocycles. The summed E-state index contributed by atoms with van der Waals surface area (Å²) in [5, 5.41) is 18.9. The van der Waals surface area contributed by atoms with Crippen LogP contribution in [0.2, 0.25) is 0 Å². The molecular formula is C19H18N3NaO4S. The molecule has 0 bridgehead atoms. The van der Waals surface area contributed by atoms with Crippen molar-refractivity contribution in [3.05, 3.63) is 59.7 Å². The number of carbonyl (C=O) groups excluding carboxylic acids is 1. The van der Waals surface area contributed by atoms with Gasteiger partial charge in [0.15, 0.2) is 0 Å². The van der Waals surface area contributed by atoms with Crippen LogP contribution in [0.1, 0.15) is 12.5 Å². The van der Waals surface area contributed by atoms with E-state index in [-0.39, 0.29) is 35.5 Å². The quantitative estimate of drug-likeness (QED) is 0.217. The Morgan fingerprint density at radius 2 is 1.75 bits per heavy atom. The van der Waals surface area contributed by atoms with Crippen LogP contribution in [0.4, 0.5) is 11.4 Å². The number of hydrazone groups is 1. The minimum atomic E-state index is -0.191. The van der Waals surface area contributed by atoms with Gasteiger partial charge in [-0.1, -0.05) is 12.1 Å². The molecule has 0 atom stereocenters. The number of benzene rings is 2. The summed E-state index contributed by atoms with van der Waals surface area (Å²) in [4.78, 5) is 15.5. The van der Waals surface area contributed by atoms with Gasteiger partial charge in [0.05, 0.1) is 29.0 Å². The topological polar surface area (TPSA) is 77.4 Å². The minimum absolute atomic E-state index is 0. The molecular weight excluding hydrogens is 389 g/mol. The Kier molecular flexibility index (Phi) is 8.26. The van der Waals surface area contributed by atoms with Gasteiger partial charge in [-0.15, -0.1) is 0 Å². The summed E-state index contributed by atoms with van der Waals surface area (Å²) < 4.78 is 4.27. The summed E-state index contributed by atoms with van der Waals surface area (Å²) in [6.07, 6.45) is 1.84. The van der Waals surface area contributed by atoms with E-state index in [1.165, 1.54) is 5.01 Å². The van der Waals surface area contributed by atoms with E-state index in [4.69, 9.17) is 0 Å². The minimum Gasteiger partial charge on any atom is -0.691 e. The van der Waals surface area contributed by atoms with E-state index in [2.05, 4.69) is 14.5 Å². The third-order valence-electron chi connectivity index (χ3n) is 4.02. The van der Waals surface area contributed by atoms with Gasteiger partial charge in [-0.3, -0.25) is 9.83 Å². The summed E-state index contributed by atoms with van der Waals surface area (Å²) in [6.45, 7) is 1.81. The predicted molar refractivity (Wildman–Crippen MR) is 104 cm³/mol. The normalized spacial score (nSPS) is 14.9. The molecule has 0 saturated heterocycles. The molecule has 0 N–H and O–H groups in total. The second-order valence-electron chi connectivity index (χ2n) is 6.06. The number of anilines is 2. The Labute approximate surface area is 190 Å². The molecule has 3 rings (SSSR count). The standard InChI is InChI=1S/C19H19N3O4S.Na/c1-13-18(12-14-4-6-15(7-5-14)21(2)3)19(23)22(20-13)16-8-10-17(11-9-16)27-26-25-24;/h4-12,24H,1-3H3;/q;+1/p-1. The summed E-state index contributed by atoms with van der Waals surface area (Å²) in [5.74, 6) is -0.191. The van der Waals surface area contributed by atoms with Gasteiger partial charge in [-0.2, -0.15) is 14.4 Å². The zero-order chi connectivity index (χ0) is 19.4. The molecule has 0 aliphatic carbocycles. The maximum absolute atomic E-state index is 12.8. The molecule has 2 aromatic rings. The Balaban J connectivity index is 0.00000280. The predicted octanol–water partition coefficient (Wildman–Crippen LogP) is -0.207. The van der Waals surface area contributed by atoms with Crippen LogP contribution in [0.15, 0.2) is 64.1 Å². The molecule has 0 unspecified atom stereocenters. The molecule has 0 spiro atoms. The van der Waals surface area contributed by atoms with E-state index in [9.17, 15) is 10.1 Å². The van der Waals surface area contributed by atoms with Gasteiger partial charge in [0.25, 0.3) is 5.91 Å². The molecule has 140 valence electrons. The Bertz CT molecular complexity index is 883. The first-order chi connectivity index (χ1) is 13.0. The molecule has 0 fully saturated rings. The first kappa shape index (κ1) is 22.6. The van der Waals surface area contributed by atoms with Crippen LogP contribution in [0, 0.1) is 0 Å². The van der Waals surface area contributed by atoms with Gasteiger partial charge in [-0.25, -0.2) is 0 Å². The average molecular weight is 407 g/mol.